The van der Waals surface area contributed by atoms with Gasteiger partial charge in [0.1, 0.15) is 0 Å². The first-order chi connectivity index (χ1) is 10.1. The van der Waals surface area contributed by atoms with Crippen molar-refractivity contribution in [1.29, 1.82) is 0 Å². The fourth-order valence-electron chi connectivity index (χ4n) is 3.28. The molecule has 116 valence electrons. The third-order valence-electron chi connectivity index (χ3n) is 4.57. The lowest BCUT2D eigenvalue weighted by Gasteiger charge is -2.35. The van der Waals surface area contributed by atoms with Gasteiger partial charge >= 0.3 is 0 Å². The molecule has 0 bridgehead atoms. The number of amides is 1. The Bertz CT molecular complexity index is 464. The van der Waals surface area contributed by atoms with Gasteiger partial charge in [0.15, 0.2) is 0 Å². The van der Waals surface area contributed by atoms with E-state index in [4.69, 9.17) is 0 Å². The molecule has 0 aromatic heterocycles. The van der Waals surface area contributed by atoms with Crippen LogP contribution in [0.5, 0.6) is 0 Å². The van der Waals surface area contributed by atoms with Crippen LogP contribution in [0, 0.1) is 6.92 Å². The molecule has 0 radical (unpaired) electrons. The van der Waals surface area contributed by atoms with Crippen molar-refractivity contribution in [3.05, 3.63) is 35.4 Å². The summed E-state index contributed by atoms with van der Waals surface area (Å²) in [6.45, 7) is 5.26. The van der Waals surface area contributed by atoms with Crippen molar-refractivity contribution < 1.29 is 4.79 Å². The minimum Gasteiger partial charge on any atom is -0.342 e. The number of rotatable bonds is 5. The lowest BCUT2D eigenvalue weighted by atomic mass is 9.90. The van der Waals surface area contributed by atoms with Gasteiger partial charge in [0.05, 0.1) is 6.42 Å². The summed E-state index contributed by atoms with van der Waals surface area (Å²) in [5.41, 5.74) is 2.34. The summed E-state index contributed by atoms with van der Waals surface area (Å²) in [6, 6.07) is 9.30. The highest BCUT2D eigenvalue weighted by molar-refractivity contribution is 5.78. The minimum absolute atomic E-state index is 0.243. The van der Waals surface area contributed by atoms with Crippen molar-refractivity contribution >= 4 is 5.91 Å². The Morgan fingerprint density at radius 2 is 2.00 bits per heavy atom. The number of hydrogen-bond acceptors (Lipinski definition) is 2. The molecule has 0 atom stereocenters. The SMILES string of the molecule is CCNC1CCC(N(C)C(=O)Cc2cccc(C)c2)CC1. The molecule has 21 heavy (non-hydrogen) atoms. The smallest absolute Gasteiger partial charge is 0.226 e. The van der Waals surface area contributed by atoms with Gasteiger partial charge in [-0.05, 0) is 44.7 Å². The van der Waals surface area contributed by atoms with E-state index in [0.717, 1.165) is 24.9 Å². The van der Waals surface area contributed by atoms with Crippen LogP contribution < -0.4 is 5.32 Å². The summed E-state index contributed by atoms with van der Waals surface area (Å²) in [7, 11) is 1.97. The predicted molar refractivity (Wildman–Crippen MR) is 87.4 cm³/mol. The van der Waals surface area contributed by atoms with Crippen molar-refractivity contribution in [3.63, 3.8) is 0 Å². The molecule has 1 saturated carbocycles. The predicted octanol–water partition coefficient (Wildman–Crippen LogP) is 2.92. The number of carbonyl (C=O) groups excluding carboxylic acids is 1. The molecular weight excluding hydrogens is 260 g/mol. The number of aryl methyl sites for hydroxylation is 1. The Labute approximate surface area is 128 Å². The Balaban J connectivity index is 1.85. The minimum atomic E-state index is 0.243. The lowest BCUT2D eigenvalue weighted by Crippen LogP contribution is -2.43. The number of carbonyl (C=O) groups is 1. The van der Waals surface area contributed by atoms with E-state index in [2.05, 4.69) is 31.3 Å². The summed E-state index contributed by atoms with van der Waals surface area (Å²) in [5.74, 6) is 0.243. The van der Waals surface area contributed by atoms with Gasteiger partial charge in [-0.15, -0.1) is 0 Å². The van der Waals surface area contributed by atoms with E-state index in [1.165, 1.54) is 18.4 Å². The summed E-state index contributed by atoms with van der Waals surface area (Å²) < 4.78 is 0. The van der Waals surface area contributed by atoms with Gasteiger partial charge in [-0.1, -0.05) is 36.8 Å². The van der Waals surface area contributed by atoms with Gasteiger partial charge in [-0.25, -0.2) is 0 Å². The van der Waals surface area contributed by atoms with Crippen molar-refractivity contribution in [3.8, 4) is 0 Å². The molecule has 0 spiro atoms. The molecule has 0 unspecified atom stereocenters. The Morgan fingerprint density at radius 3 is 2.62 bits per heavy atom. The molecule has 1 amide bonds. The highest BCUT2D eigenvalue weighted by Crippen LogP contribution is 2.23. The van der Waals surface area contributed by atoms with Gasteiger partial charge in [0.25, 0.3) is 0 Å². The van der Waals surface area contributed by atoms with Crippen LogP contribution in [0.2, 0.25) is 0 Å². The zero-order valence-corrected chi connectivity index (χ0v) is 13.6. The number of likely N-dealkylation sites (N-methyl/N-ethyl adjacent to an activating group) is 1. The van der Waals surface area contributed by atoms with Crippen LogP contribution in [0.4, 0.5) is 0 Å². The molecule has 2 rings (SSSR count). The average Bonchev–Trinajstić information content (AvgIpc) is 2.47. The monoisotopic (exact) mass is 288 g/mol. The van der Waals surface area contributed by atoms with Crippen molar-refractivity contribution in [2.24, 2.45) is 0 Å². The zero-order chi connectivity index (χ0) is 15.2. The second kappa shape index (κ2) is 7.60. The summed E-state index contributed by atoms with van der Waals surface area (Å²) in [4.78, 5) is 14.4. The van der Waals surface area contributed by atoms with Crippen LogP contribution in [-0.4, -0.2) is 36.5 Å². The number of nitrogens with one attached hydrogen (secondary N) is 1. The van der Waals surface area contributed by atoms with Gasteiger partial charge in [0, 0.05) is 19.1 Å². The van der Waals surface area contributed by atoms with Crippen LogP contribution in [-0.2, 0) is 11.2 Å². The van der Waals surface area contributed by atoms with Crippen LogP contribution in [0.25, 0.3) is 0 Å². The number of hydrogen-bond donors (Lipinski definition) is 1. The molecule has 3 heteroatoms. The largest absolute Gasteiger partial charge is 0.342 e. The van der Waals surface area contributed by atoms with Gasteiger partial charge < -0.3 is 10.2 Å². The van der Waals surface area contributed by atoms with Crippen LogP contribution in [0.15, 0.2) is 24.3 Å². The van der Waals surface area contributed by atoms with Crippen LogP contribution >= 0.6 is 0 Å². The first-order valence-electron chi connectivity index (χ1n) is 8.14. The lowest BCUT2D eigenvalue weighted by molar-refractivity contribution is -0.131. The number of nitrogens with zero attached hydrogens (tertiary/aromatic N) is 1. The van der Waals surface area contributed by atoms with E-state index in [9.17, 15) is 4.79 Å². The standard InChI is InChI=1S/C18H28N2O/c1-4-19-16-8-10-17(11-9-16)20(3)18(21)13-15-7-5-6-14(2)12-15/h5-7,12,16-17,19H,4,8-11,13H2,1-3H3. The quantitative estimate of drug-likeness (QED) is 0.903. The summed E-state index contributed by atoms with van der Waals surface area (Å²) >= 11 is 0. The molecular formula is C18H28N2O. The van der Waals surface area contributed by atoms with Crippen LogP contribution in [0.1, 0.15) is 43.7 Å². The second-order valence-electron chi connectivity index (χ2n) is 6.23. The third kappa shape index (κ3) is 4.57. The molecule has 1 fully saturated rings. The van der Waals surface area contributed by atoms with E-state index in [0.29, 0.717) is 18.5 Å². The fraction of sp³-hybridized carbons (Fsp3) is 0.611. The molecule has 3 nitrogen and oxygen atoms in total. The van der Waals surface area contributed by atoms with Gasteiger partial charge in [-0.3, -0.25) is 4.79 Å². The first kappa shape index (κ1) is 16.0. The Kier molecular flexibility index (Phi) is 5.80. The van der Waals surface area contributed by atoms with E-state index < -0.39 is 0 Å². The van der Waals surface area contributed by atoms with Crippen LogP contribution in [0.3, 0.4) is 0 Å². The maximum atomic E-state index is 12.4. The first-order valence-corrected chi connectivity index (χ1v) is 8.14. The van der Waals surface area contributed by atoms with Gasteiger partial charge in [-0.2, -0.15) is 0 Å². The fourth-order valence-corrected chi connectivity index (χ4v) is 3.28. The zero-order valence-electron chi connectivity index (χ0n) is 13.6. The average molecular weight is 288 g/mol. The highest BCUT2D eigenvalue weighted by atomic mass is 16.2. The molecule has 1 N–H and O–H groups in total. The third-order valence-corrected chi connectivity index (χ3v) is 4.57. The molecule has 0 saturated heterocycles. The topological polar surface area (TPSA) is 32.3 Å². The van der Waals surface area contributed by atoms with E-state index in [1.807, 2.05) is 24.1 Å². The highest BCUT2D eigenvalue weighted by Gasteiger charge is 2.25. The van der Waals surface area contributed by atoms with Crippen molar-refractivity contribution in [1.82, 2.24) is 10.2 Å². The molecule has 0 heterocycles. The number of benzene rings is 1. The normalized spacial score (nSPS) is 22.0. The van der Waals surface area contributed by atoms with E-state index >= 15 is 0 Å². The maximum absolute atomic E-state index is 12.4. The molecule has 0 aliphatic heterocycles. The maximum Gasteiger partial charge on any atom is 0.226 e. The molecule has 1 aliphatic carbocycles. The van der Waals surface area contributed by atoms with Crippen molar-refractivity contribution in [2.45, 2.75) is 58.0 Å². The van der Waals surface area contributed by atoms with Crippen molar-refractivity contribution in [2.75, 3.05) is 13.6 Å². The van der Waals surface area contributed by atoms with E-state index in [1.54, 1.807) is 0 Å². The second-order valence-corrected chi connectivity index (χ2v) is 6.23. The molecule has 1 aliphatic rings. The Morgan fingerprint density at radius 1 is 1.29 bits per heavy atom. The van der Waals surface area contributed by atoms with E-state index in [-0.39, 0.29) is 5.91 Å². The molecule has 1 aromatic rings. The Hall–Kier alpha value is -1.35. The molecule has 1 aromatic carbocycles. The van der Waals surface area contributed by atoms with Gasteiger partial charge in [0.2, 0.25) is 5.91 Å². The summed E-state index contributed by atoms with van der Waals surface area (Å²) in [6.07, 6.45) is 5.12. The summed E-state index contributed by atoms with van der Waals surface area (Å²) in [5, 5.41) is 3.52.